The van der Waals surface area contributed by atoms with E-state index in [0.717, 1.165) is 25.9 Å². The maximum absolute atomic E-state index is 16.0. The summed E-state index contributed by atoms with van der Waals surface area (Å²) in [7, 11) is 0. The van der Waals surface area contributed by atoms with Crippen LogP contribution in [0.25, 0.3) is 5.76 Å². The van der Waals surface area contributed by atoms with E-state index < -0.39 is 46.3 Å². The second-order valence-corrected chi connectivity index (χ2v) is 11.7. The number of piperidine rings is 1. The molecule has 0 spiro atoms. The predicted octanol–water partition coefficient (Wildman–Crippen LogP) is 3.93. The van der Waals surface area contributed by atoms with Crippen molar-refractivity contribution in [1.82, 2.24) is 4.90 Å². The largest absolute Gasteiger partial charge is 0.511 e. The Kier molecular flexibility index (Phi) is 6.54. The summed E-state index contributed by atoms with van der Waals surface area (Å²) in [5, 5.41) is 44.1. The quantitative estimate of drug-likeness (QED) is 0.381. The van der Waals surface area contributed by atoms with Crippen molar-refractivity contribution in [1.29, 1.82) is 0 Å². The number of rotatable bonds is 4. The number of nitrogens with zero attached hydrogens (tertiary/aromatic N) is 1. The maximum Gasteiger partial charge on any atom is 0.252 e. The van der Waals surface area contributed by atoms with Crippen molar-refractivity contribution in [3.63, 3.8) is 0 Å². The van der Waals surface area contributed by atoms with Gasteiger partial charge in [0.1, 0.15) is 23.1 Å². The van der Waals surface area contributed by atoms with Crippen LogP contribution in [0.3, 0.4) is 0 Å². The number of fused-ring (bicyclic) bond motifs is 3. The third kappa shape index (κ3) is 4.18. The molecule has 1 aliphatic heterocycles. The number of halogens is 1. The number of carbonyl (C=O) groups excluding carboxylic acids is 2. The number of likely N-dealkylation sites (tertiary alicyclic amines) is 1. The zero-order chi connectivity index (χ0) is 29.2. The van der Waals surface area contributed by atoms with Gasteiger partial charge in [0.15, 0.2) is 11.4 Å². The molecule has 41 heavy (non-hydrogen) atoms. The lowest BCUT2D eigenvalue weighted by Crippen LogP contribution is -2.57. The number of hydrogen-bond acceptors (Lipinski definition) is 7. The molecular formula is C32H33FN2O6. The van der Waals surface area contributed by atoms with Crippen LogP contribution in [0.15, 0.2) is 65.5 Å². The summed E-state index contributed by atoms with van der Waals surface area (Å²) >= 11 is 0. The minimum Gasteiger partial charge on any atom is -0.511 e. The van der Waals surface area contributed by atoms with E-state index in [1.54, 1.807) is 0 Å². The predicted molar refractivity (Wildman–Crippen MR) is 149 cm³/mol. The Morgan fingerprint density at radius 1 is 1.10 bits per heavy atom. The lowest BCUT2D eigenvalue weighted by atomic mass is 9.57. The van der Waals surface area contributed by atoms with Gasteiger partial charge in [-0.1, -0.05) is 36.9 Å². The third-order valence-electron chi connectivity index (χ3n) is 9.51. The van der Waals surface area contributed by atoms with Gasteiger partial charge in [-0.25, -0.2) is 4.39 Å². The number of primary amides is 1. The van der Waals surface area contributed by atoms with E-state index >= 15 is 4.39 Å². The van der Waals surface area contributed by atoms with Crippen molar-refractivity contribution in [3.05, 3.63) is 93.5 Å². The number of nitrogens with two attached hydrogens (primary N) is 1. The van der Waals surface area contributed by atoms with Crippen molar-refractivity contribution in [2.45, 2.75) is 50.2 Å². The van der Waals surface area contributed by atoms with Gasteiger partial charge in [0.2, 0.25) is 0 Å². The van der Waals surface area contributed by atoms with Crippen LogP contribution >= 0.6 is 0 Å². The molecule has 2 aromatic carbocycles. The van der Waals surface area contributed by atoms with E-state index in [1.807, 2.05) is 18.2 Å². The Morgan fingerprint density at radius 2 is 1.78 bits per heavy atom. The second kappa shape index (κ2) is 9.85. The first-order valence-corrected chi connectivity index (χ1v) is 13.9. The summed E-state index contributed by atoms with van der Waals surface area (Å²) in [6, 6.07) is 11.6. The van der Waals surface area contributed by atoms with Gasteiger partial charge in [-0.2, -0.15) is 0 Å². The molecule has 1 amide bonds. The maximum atomic E-state index is 16.0. The van der Waals surface area contributed by atoms with Gasteiger partial charge in [-0.3, -0.25) is 14.5 Å². The van der Waals surface area contributed by atoms with E-state index in [4.69, 9.17) is 5.73 Å². The molecule has 214 valence electrons. The summed E-state index contributed by atoms with van der Waals surface area (Å²) in [5.41, 5.74) is 3.80. The summed E-state index contributed by atoms with van der Waals surface area (Å²) in [4.78, 5) is 27.8. The molecule has 1 heterocycles. The standard InChI is InChI=1S/C32H33FN2O6/c1-16-25(31(34)40)24(37)14-21-11-19-12-22-27(29(38)26(19)30(39)32(16,21)41)23(36)13-20(28(22)33)15-35-9-7-18(8-10-35)17-5-3-2-4-6-17/h2-6,13,18-19,21,36-38,41H,1,7-12,14-15H2,(H2,34,40)/t19-,21+,32+/m1/s1. The Morgan fingerprint density at radius 3 is 2.44 bits per heavy atom. The fraction of sp³-hybridized carbons (Fsp3) is 0.375. The van der Waals surface area contributed by atoms with E-state index in [2.05, 4.69) is 23.6 Å². The molecule has 9 heteroatoms. The van der Waals surface area contributed by atoms with Gasteiger partial charge < -0.3 is 26.2 Å². The lowest BCUT2D eigenvalue weighted by molar-refractivity contribution is -0.140. The Balaban J connectivity index is 1.29. The molecule has 2 aromatic rings. The van der Waals surface area contributed by atoms with Gasteiger partial charge in [0.05, 0.1) is 11.1 Å². The number of phenols is 1. The summed E-state index contributed by atoms with van der Waals surface area (Å²) in [5.74, 6) is -4.82. The Hall–Kier alpha value is -3.95. The average molecular weight is 561 g/mol. The monoisotopic (exact) mass is 560 g/mol. The minimum absolute atomic E-state index is 0.0238. The normalized spacial score (nSPS) is 27.0. The highest BCUT2D eigenvalue weighted by Crippen LogP contribution is 2.54. The molecule has 4 aliphatic rings. The van der Waals surface area contributed by atoms with Crippen LogP contribution in [-0.2, 0) is 22.6 Å². The molecule has 1 saturated carbocycles. The molecule has 0 radical (unpaired) electrons. The first-order valence-electron chi connectivity index (χ1n) is 13.9. The number of allylic oxidation sites excluding steroid dienone is 1. The number of hydrogen-bond donors (Lipinski definition) is 5. The van der Waals surface area contributed by atoms with Crippen LogP contribution in [0.4, 0.5) is 4.39 Å². The van der Waals surface area contributed by atoms with E-state index in [0.29, 0.717) is 18.0 Å². The molecule has 0 bridgehead atoms. The number of aliphatic hydroxyl groups excluding tert-OH is 2. The van der Waals surface area contributed by atoms with Crippen LogP contribution in [0, 0.1) is 17.7 Å². The number of aromatic hydroxyl groups is 1. The summed E-state index contributed by atoms with van der Waals surface area (Å²) in [6.07, 6.45) is 1.83. The number of benzene rings is 2. The molecule has 0 unspecified atom stereocenters. The number of carbonyl (C=O) groups is 2. The van der Waals surface area contributed by atoms with Crippen molar-refractivity contribution in [2.75, 3.05) is 13.1 Å². The smallest absolute Gasteiger partial charge is 0.252 e. The second-order valence-electron chi connectivity index (χ2n) is 11.7. The molecular weight excluding hydrogens is 527 g/mol. The average Bonchev–Trinajstić information content (AvgIpc) is 2.94. The number of ketones is 1. The zero-order valence-corrected chi connectivity index (χ0v) is 22.6. The van der Waals surface area contributed by atoms with Crippen molar-refractivity contribution in [2.24, 2.45) is 17.6 Å². The SMILES string of the molecule is C=C1C(C(N)=O)=C(O)C[C@@H]2C[C@@H]3Cc4c(F)c(CN5CCC(c6ccccc6)CC5)cc(O)c4C(O)=C3C(=O)[C@]12O. The van der Waals surface area contributed by atoms with Crippen LogP contribution in [0.1, 0.15) is 53.9 Å². The summed E-state index contributed by atoms with van der Waals surface area (Å²) in [6.45, 7) is 5.54. The highest BCUT2D eigenvalue weighted by Gasteiger charge is 2.58. The topological polar surface area (TPSA) is 144 Å². The van der Waals surface area contributed by atoms with Gasteiger partial charge in [-0.05, 0) is 62.2 Å². The highest BCUT2D eigenvalue weighted by molar-refractivity contribution is 6.13. The van der Waals surface area contributed by atoms with Crippen molar-refractivity contribution >= 4 is 17.4 Å². The molecule has 2 fully saturated rings. The van der Waals surface area contributed by atoms with Crippen molar-refractivity contribution < 1.29 is 34.4 Å². The fourth-order valence-corrected chi connectivity index (χ4v) is 7.40. The molecule has 1 saturated heterocycles. The first kappa shape index (κ1) is 27.2. The van der Waals surface area contributed by atoms with E-state index in [1.165, 1.54) is 11.6 Å². The number of amides is 1. The minimum atomic E-state index is -2.27. The number of Topliss-reactive ketones (excluding diaryl/α,β-unsaturated/α-hetero) is 1. The lowest BCUT2D eigenvalue weighted by Gasteiger charge is -2.47. The molecule has 6 rings (SSSR count). The summed E-state index contributed by atoms with van der Waals surface area (Å²) < 4.78 is 16.0. The van der Waals surface area contributed by atoms with Crippen LogP contribution in [0.2, 0.25) is 0 Å². The highest BCUT2D eigenvalue weighted by atomic mass is 19.1. The molecule has 3 aliphatic carbocycles. The Labute approximate surface area is 236 Å². The van der Waals surface area contributed by atoms with E-state index in [-0.39, 0.29) is 53.0 Å². The number of aliphatic hydroxyl groups is 3. The molecule has 6 N–H and O–H groups in total. The van der Waals surface area contributed by atoms with Crippen LogP contribution in [-0.4, -0.2) is 55.7 Å². The van der Waals surface area contributed by atoms with E-state index in [9.17, 15) is 30.0 Å². The van der Waals surface area contributed by atoms with Crippen molar-refractivity contribution in [3.8, 4) is 5.75 Å². The van der Waals surface area contributed by atoms with Gasteiger partial charge in [-0.15, -0.1) is 0 Å². The Bertz CT molecular complexity index is 1540. The number of phenolic OH excluding ortho intramolecular Hbond substituents is 1. The molecule has 0 aromatic heterocycles. The fourth-order valence-electron chi connectivity index (χ4n) is 7.40. The third-order valence-corrected chi connectivity index (χ3v) is 9.51. The van der Waals surface area contributed by atoms with Crippen LogP contribution in [0.5, 0.6) is 5.75 Å². The molecule has 8 nitrogen and oxygen atoms in total. The van der Waals surface area contributed by atoms with Gasteiger partial charge in [0.25, 0.3) is 5.91 Å². The zero-order valence-electron chi connectivity index (χ0n) is 22.6. The van der Waals surface area contributed by atoms with Gasteiger partial charge in [0, 0.05) is 41.2 Å². The molecule has 3 atom stereocenters. The first-order chi connectivity index (χ1) is 19.5. The van der Waals surface area contributed by atoms with Crippen LogP contribution < -0.4 is 5.73 Å². The van der Waals surface area contributed by atoms with Gasteiger partial charge >= 0.3 is 0 Å².